The molecule has 8 fully saturated rings. The number of aliphatic hydroxyl groups is 10. The molecule has 0 unspecified atom stereocenters. The van der Waals surface area contributed by atoms with Crippen LogP contribution in [-0.2, 0) is 56.6 Å². The van der Waals surface area contributed by atoms with Gasteiger partial charge in [0.15, 0.2) is 18.9 Å². The van der Waals surface area contributed by atoms with Crippen molar-refractivity contribution in [1.82, 2.24) is 0 Å². The van der Waals surface area contributed by atoms with Gasteiger partial charge in [0, 0.05) is 0 Å². The zero-order chi connectivity index (χ0) is 33.2. The Labute approximate surface area is 263 Å². The third-order valence-corrected chi connectivity index (χ3v) is 9.78. The van der Waals surface area contributed by atoms with Crippen LogP contribution in [0.15, 0.2) is 0 Å². The molecule has 0 spiro atoms. The van der Waals surface area contributed by atoms with Crippen LogP contribution in [0, 0.1) is 0 Å². The molecule has 0 amide bonds. The van der Waals surface area contributed by atoms with E-state index in [2.05, 4.69) is 0 Å². The summed E-state index contributed by atoms with van der Waals surface area (Å²) in [4.78, 5) is 0. The van der Waals surface area contributed by atoms with E-state index in [1.807, 2.05) is 0 Å². The minimum absolute atomic E-state index is 0.0402. The van der Waals surface area contributed by atoms with Crippen LogP contribution in [0.5, 0.6) is 0 Å². The third kappa shape index (κ3) is 4.68. The van der Waals surface area contributed by atoms with Crippen LogP contribution >= 0.6 is 0 Å². The fourth-order valence-electron chi connectivity index (χ4n) is 7.29. The Kier molecular flexibility index (Phi) is 8.23. The van der Waals surface area contributed by atoms with Gasteiger partial charge in [-0.3, -0.25) is 0 Å². The van der Waals surface area contributed by atoms with Crippen molar-refractivity contribution in [3.63, 3.8) is 0 Å². The average Bonchev–Trinajstić information content (AvgIpc) is 3.70. The molecule has 8 aliphatic heterocycles. The smallest absolute Gasteiger partial charge is 0.394 e. The second-order valence-corrected chi connectivity index (χ2v) is 12.5. The number of fused-ring (bicyclic) bond motifs is 5. The van der Waals surface area contributed by atoms with Gasteiger partial charge in [0.2, 0.25) is 5.79 Å². The van der Waals surface area contributed by atoms with Crippen LogP contribution in [0.2, 0.25) is 0 Å². The van der Waals surface area contributed by atoms with E-state index in [4.69, 9.17) is 56.6 Å². The molecule has 8 saturated heterocycles. The third-order valence-electron chi connectivity index (χ3n) is 9.78. The highest BCUT2D eigenvalue weighted by Crippen LogP contribution is 2.58. The molecule has 10 N–H and O–H groups in total. The molecule has 0 aromatic carbocycles. The molecular formula is C24H35BO22. The van der Waals surface area contributed by atoms with Gasteiger partial charge in [0.1, 0.15) is 85.5 Å². The summed E-state index contributed by atoms with van der Waals surface area (Å²) >= 11 is 0. The van der Waals surface area contributed by atoms with Crippen LogP contribution in [-0.4, -0.2) is 207 Å². The summed E-state index contributed by atoms with van der Waals surface area (Å²) in [6.07, 6.45) is -24.6. The molecule has 8 aliphatic rings. The molecular weight excluding hydrogens is 651 g/mol. The molecule has 0 radical (unpaired) electrons. The first-order valence-corrected chi connectivity index (χ1v) is 15.0. The Balaban J connectivity index is 0.979. The van der Waals surface area contributed by atoms with Crippen molar-refractivity contribution < 1.29 is 108 Å². The fraction of sp³-hybridized carbons (Fsp3) is 1.00. The second kappa shape index (κ2) is 11.6. The molecule has 22 nitrogen and oxygen atoms in total. The predicted molar refractivity (Wildman–Crippen MR) is 133 cm³/mol. The molecule has 0 aromatic rings. The maximum absolute atomic E-state index is 11.3. The van der Waals surface area contributed by atoms with E-state index in [-0.39, 0.29) is 13.2 Å². The molecule has 8 heterocycles. The van der Waals surface area contributed by atoms with Crippen LogP contribution in [0.25, 0.3) is 0 Å². The Morgan fingerprint density at radius 2 is 1.30 bits per heavy atom. The van der Waals surface area contributed by atoms with Gasteiger partial charge in [0.25, 0.3) is 5.79 Å². The van der Waals surface area contributed by atoms with Crippen molar-refractivity contribution >= 4 is 7.32 Å². The van der Waals surface area contributed by atoms with E-state index in [9.17, 15) is 51.1 Å². The zero-order valence-corrected chi connectivity index (χ0v) is 24.1. The summed E-state index contributed by atoms with van der Waals surface area (Å²) < 4.78 is 66.7. The van der Waals surface area contributed by atoms with Crippen LogP contribution in [0.3, 0.4) is 0 Å². The minimum Gasteiger partial charge on any atom is -0.394 e. The monoisotopic (exact) mass is 686 g/mol. The molecule has 20 atom stereocenters. The van der Waals surface area contributed by atoms with Crippen molar-refractivity contribution in [2.24, 2.45) is 0 Å². The average molecular weight is 686 g/mol. The summed E-state index contributed by atoms with van der Waals surface area (Å²) in [7, 11) is -1.76. The zero-order valence-electron chi connectivity index (χ0n) is 24.1. The van der Waals surface area contributed by atoms with Crippen molar-refractivity contribution in [1.29, 1.82) is 0 Å². The van der Waals surface area contributed by atoms with Gasteiger partial charge in [0.05, 0.1) is 26.4 Å². The number of hydrogen-bond acceptors (Lipinski definition) is 22. The highest BCUT2D eigenvalue weighted by Gasteiger charge is 2.88. The lowest BCUT2D eigenvalue weighted by molar-refractivity contribution is -0.545. The van der Waals surface area contributed by atoms with Crippen molar-refractivity contribution in [2.45, 2.75) is 122 Å². The van der Waals surface area contributed by atoms with E-state index >= 15 is 0 Å². The molecule has 266 valence electrons. The number of aliphatic hydroxyl groups excluding tert-OH is 8. The van der Waals surface area contributed by atoms with Crippen LogP contribution < -0.4 is 0 Å². The highest BCUT2D eigenvalue weighted by molar-refractivity contribution is 6.38. The Morgan fingerprint density at radius 3 is 1.98 bits per heavy atom. The Morgan fingerprint density at radius 1 is 0.660 bits per heavy atom. The topological polar surface area (TPSA) is 313 Å². The van der Waals surface area contributed by atoms with Crippen molar-refractivity contribution in [2.75, 3.05) is 26.4 Å². The summed E-state index contributed by atoms with van der Waals surface area (Å²) in [5.74, 6) is -8.53. The second-order valence-electron chi connectivity index (χ2n) is 12.5. The first-order valence-electron chi connectivity index (χ1n) is 15.0. The van der Waals surface area contributed by atoms with Gasteiger partial charge >= 0.3 is 13.3 Å². The van der Waals surface area contributed by atoms with E-state index in [1.54, 1.807) is 0 Å². The van der Waals surface area contributed by atoms with Gasteiger partial charge in [-0.25, -0.2) is 0 Å². The number of ether oxygens (including phenoxy) is 9. The van der Waals surface area contributed by atoms with E-state index in [1.165, 1.54) is 0 Å². The lowest BCUT2D eigenvalue weighted by Gasteiger charge is -2.55. The SMILES string of the molecule is OC[C@H]1O[C@@H](O[C@@H]2[C@H]3OC[C@@H]2O[C@@H](O)[C@H]3O)[C@H](O)[C@@H](O[C@@H]2O[C@H]3CO[C@@H]([C@@H]2O)[C@H]3O[C@]23OB4O[C@]2(O)[C@@](O)(O4)[C@H](O)[C@@H](CO)O3)[C@@H]1O. The number of hydrogen-bond donors (Lipinski definition) is 10. The largest absolute Gasteiger partial charge is 0.648 e. The summed E-state index contributed by atoms with van der Waals surface area (Å²) in [5, 5.41) is 106. The normalized spacial score (nSPS) is 59.6. The van der Waals surface area contributed by atoms with Crippen molar-refractivity contribution in [3.8, 4) is 0 Å². The summed E-state index contributed by atoms with van der Waals surface area (Å²) in [5.41, 5.74) is 0. The molecule has 0 saturated carbocycles. The number of rotatable bonds is 8. The van der Waals surface area contributed by atoms with E-state index in [0.717, 1.165) is 0 Å². The molecule has 23 heteroatoms. The standard InChI is InChI=1S/C24H35BO22/c26-1-5-9(28)15(11(30)20(39-5)41-13-7-3-36-16(13)10(29)19(33)38-7)42-21-12(31)17-14(8(40-21)4-37-17)44-24-23(35)22(34,45-25(46-23)47-24)18(32)6(2-27)43-24/h5-21,26-35H,1-4H2/t5-,6-,7+,8+,9-,10+,11-,12+,13+,14+,15+,16+,17+,18-,19-,20+,21+,22+,23-,24+/m1/s1. The first-order chi connectivity index (χ1) is 22.3. The molecule has 0 aromatic heterocycles. The van der Waals surface area contributed by atoms with Gasteiger partial charge in [-0.1, -0.05) is 0 Å². The lowest BCUT2D eigenvalue weighted by atomic mass is 9.89. The molecule has 0 aliphatic carbocycles. The lowest BCUT2D eigenvalue weighted by Crippen LogP contribution is -2.81. The first kappa shape index (κ1) is 33.3. The fourth-order valence-corrected chi connectivity index (χ4v) is 7.29. The summed E-state index contributed by atoms with van der Waals surface area (Å²) in [6.45, 7) is -1.88. The Hall–Kier alpha value is -0.815. The van der Waals surface area contributed by atoms with E-state index < -0.39 is 142 Å². The highest BCUT2D eigenvalue weighted by atomic mass is 17.0. The molecule has 6 bridgehead atoms. The quantitative estimate of drug-likeness (QED) is 0.106. The van der Waals surface area contributed by atoms with Gasteiger partial charge in [-0.2, -0.15) is 0 Å². The molecule has 47 heavy (non-hydrogen) atoms. The van der Waals surface area contributed by atoms with Gasteiger partial charge in [-0.15, -0.1) is 0 Å². The maximum Gasteiger partial charge on any atom is 0.648 e. The van der Waals surface area contributed by atoms with Crippen LogP contribution in [0.4, 0.5) is 0 Å². The predicted octanol–water partition coefficient (Wildman–Crippen LogP) is -8.61. The summed E-state index contributed by atoms with van der Waals surface area (Å²) in [6, 6.07) is 0. The van der Waals surface area contributed by atoms with Crippen molar-refractivity contribution in [3.05, 3.63) is 0 Å². The van der Waals surface area contributed by atoms with Crippen LogP contribution in [0.1, 0.15) is 0 Å². The van der Waals surface area contributed by atoms with E-state index in [0.29, 0.717) is 0 Å². The Bertz CT molecular complexity index is 1190. The maximum atomic E-state index is 11.3. The van der Waals surface area contributed by atoms with Gasteiger partial charge < -0.3 is 108 Å². The molecule has 8 rings (SSSR count). The minimum atomic E-state index is -2.97. The van der Waals surface area contributed by atoms with Gasteiger partial charge in [-0.05, 0) is 0 Å².